The molecule has 0 bridgehead atoms. The van der Waals surface area contributed by atoms with E-state index in [1.807, 2.05) is 30.3 Å². The number of anilines is 1. The number of benzene rings is 3. The van der Waals surface area contributed by atoms with E-state index >= 15 is 0 Å². The van der Waals surface area contributed by atoms with Crippen molar-refractivity contribution < 1.29 is 14.4 Å². The number of fused-ring (bicyclic) bond motifs is 1. The first-order chi connectivity index (χ1) is 21.2. The summed E-state index contributed by atoms with van der Waals surface area (Å²) in [5.41, 5.74) is 4.85. The smallest absolute Gasteiger partial charge is 0.365 e. The molecule has 2 fully saturated rings. The summed E-state index contributed by atoms with van der Waals surface area (Å²) in [5.74, 6) is 0.257. The lowest BCUT2D eigenvalue weighted by Gasteiger charge is -2.34. The highest BCUT2D eigenvalue weighted by molar-refractivity contribution is 7.17. The number of piperidine rings is 1. The Kier molecular flexibility index (Phi) is 8.11. The zero-order valence-electron chi connectivity index (χ0n) is 24.0. The lowest BCUT2D eigenvalue weighted by Crippen LogP contribution is -2.37. The molecule has 220 valence electrons. The van der Waals surface area contributed by atoms with Gasteiger partial charge in [0.1, 0.15) is 21.0 Å². The Balaban J connectivity index is 0.935. The van der Waals surface area contributed by atoms with E-state index in [-0.39, 0.29) is 0 Å². The van der Waals surface area contributed by atoms with Gasteiger partial charge in [-0.3, -0.25) is 0 Å². The van der Waals surface area contributed by atoms with Crippen LogP contribution < -0.4 is 9.74 Å². The van der Waals surface area contributed by atoms with Gasteiger partial charge in [0, 0.05) is 36.5 Å². The summed E-state index contributed by atoms with van der Waals surface area (Å²) in [6, 6.07) is 23.0. The van der Waals surface area contributed by atoms with Gasteiger partial charge in [-0.2, -0.15) is 0 Å². The molecule has 0 unspecified atom stereocenters. The Morgan fingerprint density at radius 1 is 0.791 bits per heavy atom. The fraction of sp³-hybridized carbons (Fsp3) is 0.364. The Hall–Kier alpha value is -4.15. The number of hydrogen-bond donors (Lipinski definition) is 0. The number of nitrogens with zero attached hydrogens (tertiary/aromatic N) is 6. The Morgan fingerprint density at radius 3 is 2.19 bits per heavy atom. The number of aromatic nitrogens is 5. The van der Waals surface area contributed by atoms with E-state index in [1.54, 1.807) is 18.2 Å². The lowest BCUT2D eigenvalue weighted by molar-refractivity contribution is 0.00810. The monoisotopic (exact) mass is 594 g/mol. The van der Waals surface area contributed by atoms with Crippen LogP contribution in [0, 0.1) is 5.92 Å². The van der Waals surface area contributed by atoms with Gasteiger partial charge in [-0.25, -0.2) is 4.79 Å². The first kappa shape index (κ1) is 27.7. The van der Waals surface area contributed by atoms with Crippen molar-refractivity contribution >= 4 is 34.0 Å². The molecule has 1 saturated heterocycles. The summed E-state index contributed by atoms with van der Waals surface area (Å²) in [4.78, 5) is 21.7. The molecule has 1 aliphatic carbocycles. The van der Waals surface area contributed by atoms with E-state index < -0.39 is 5.97 Å². The number of ether oxygens (including phenoxy) is 1. The minimum atomic E-state index is -0.517. The molecule has 1 saturated carbocycles. The summed E-state index contributed by atoms with van der Waals surface area (Å²) in [5, 5.41) is 18.4. The van der Waals surface area contributed by atoms with Gasteiger partial charge >= 0.3 is 5.97 Å². The highest BCUT2D eigenvalue weighted by Gasteiger charge is 2.22. The van der Waals surface area contributed by atoms with E-state index in [1.165, 1.54) is 49.1 Å². The normalized spacial score (nSPS) is 16.5. The molecule has 7 rings (SSSR count). The summed E-state index contributed by atoms with van der Waals surface area (Å²) in [6.07, 6.45) is 9.39. The van der Waals surface area contributed by atoms with Crippen LogP contribution in [0.4, 0.5) is 5.69 Å². The van der Waals surface area contributed by atoms with Gasteiger partial charge in [0.2, 0.25) is 0 Å². The van der Waals surface area contributed by atoms with Crippen molar-refractivity contribution in [1.29, 1.82) is 0 Å². The number of para-hydroxylation sites is 1. The van der Waals surface area contributed by atoms with E-state index in [0.29, 0.717) is 22.7 Å². The number of carbonyl (C=O) groups excluding carboxylic acids is 1. The second-order valence-electron chi connectivity index (χ2n) is 11.4. The molecule has 5 aromatic rings. The predicted octanol–water partition coefficient (Wildman–Crippen LogP) is 6.45. The average molecular weight is 595 g/mol. The lowest BCUT2D eigenvalue weighted by atomic mass is 9.90. The van der Waals surface area contributed by atoms with E-state index in [4.69, 9.17) is 9.57 Å². The average Bonchev–Trinajstić information content (AvgIpc) is 3.73. The van der Waals surface area contributed by atoms with Crippen LogP contribution in [0.5, 0.6) is 0 Å². The van der Waals surface area contributed by atoms with Crippen molar-refractivity contribution in [3.8, 4) is 21.1 Å². The Morgan fingerprint density at radius 2 is 1.47 bits per heavy atom. The highest BCUT2D eigenvalue weighted by Crippen LogP contribution is 2.32. The SMILES string of the molecule is O=C(On1nnc2ccccc21)c1ccc(-c2nnc(-c3ccc(N4CCC(OCC5CCCCC5)CC4)cc3)s2)cc1. The van der Waals surface area contributed by atoms with Crippen LogP contribution in [0.3, 0.4) is 0 Å². The van der Waals surface area contributed by atoms with Crippen molar-refractivity contribution in [1.82, 2.24) is 25.4 Å². The molecule has 10 heteroatoms. The maximum Gasteiger partial charge on any atom is 0.365 e. The van der Waals surface area contributed by atoms with Crippen molar-refractivity contribution in [3.63, 3.8) is 0 Å². The largest absolute Gasteiger partial charge is 0.378 e. The quantitative estimate of drug-likeness (QED) is 0.189. The topological polar surface area (TPSA) is 95.3 Å². The van der Waals surface area contributed by atoms with E-state index in [9.17, 15) is 4.79 Å². The summed E-state index contributed by atoms with van der Waals surface area (Å²) in [6.45, 7) is 2.99. The van der Waals surface area contributed by atoms with Crippen LogP contribution in [0.25, 0.3) is 32.2 Å². The zero-order valence-corrected chi connectivity index (χ0v) is 24.8. The second-order valence-corrected chi connectivity index (χ2v) is 12.4. The van der Waals surface area contributed by atoms with Crippen LogP contribution in [-0.2, 0) is 4.74 Å². The first-order valence-corrected chi connectivity index (χ1v) is 16.0. The van der Waals surface area contributed by atoms with Crippen molar-refractivity contribution in [2.45, 2.75) is 51.0 Å². The molecule has 3 heterocycles. The second kappa shape index (κ2) is 12.6. The predicted molar refractivity (Wildman–Crippen MR) is 167 cm³/mol. The summed E-state index contributed by atoms with van der Waals surface area (Å²) < 4.78 is 6.31. The first-order valence-electron chi connectivity index (χ1n) is 15.1. The van der Waals surface area contributed by atoms with Gasteiger partial charge in [-0.15, -0.1) is 15.3 Å². The van der Waals surface area contributed by atoms with Gasteiger partial charge in [0.05, 0.1) is 11.7 Å². The van der Waals surface area contributed by atoms with Crippen molar-refractivity contribution in [2.24, 2.45) is 5.92 Å². The fourth-order valence-electron chi connectivity index (χ4n) is 5.97. The van der Waals surface area contributed by atoms with Crippen LogP contribution >= 0.6 is 11.3 Å². The van der Waals surface area contributed by atoms with Crippen LogP contribution in [0.15, 0.2) is 72.8 Å². The van der Waals surface area contributed by atoms with Gasteiger partial charge in [-0.05, 0) is 85.3 Å². The molecule has 0 N–H and O–H groups in total. The van der Waals surface area contributed by atoms with Crippen LogP contribution in [-0.4, -0.2) is 57.1 Å². The molecule has 9 nitrogen and oxygen atoms in total. The van der Waals surface area contributed by atoms with Gasteiger partial charge in [0.15, 0.2) is 0 Å². The number of rotatable bonds is 8. The highest BCUT2D eigenvalue weighted by atomic mass is 32.1. The molecular weight excluding hydrogens is 560 g/mol. The van der Waals surface area contributed by atoms with Gasteiger partial charge < -0.3 is 14.5 Å². The Bertz CT molecular complexity index is 1670. The molecule has 0 radical (unpaired) electrons. The van der Waals surface area contributed by atoms with Gasteiger partial charge in [-0.1, -0.05) is 59.7 Å². The molecule has 1 aliphatic heterocycles. The standard InChI is InChI=1S/C33H34N6O3S/c40-33(42-39-30-9-5-4-8-29(30)34-37-39)26-12-10-24(11-13-26)31-35-36-32(43-31)25-14-16-27(17-15-25)38-20-18-28(19-21-38)41-22-23-6-2-1-3-7-23/h4-5,8-17,23,28H,1-3,6-7,18-22H2. The minimum absolute atomic E-state index is 0.394. The maximum absolute atomic E-state index is 12.7. The number of hydrogen-bond acceptors (Lipinski definition) is 9. The van der Waals surface area contributed by atoms with Crippen LogP contribution in [0.1, 0.15) is 55.3 Å². The molecule has 43 heavy (non-hydrogen) atoms. The molecule has 0 atom stereocenters. The zero-order chi connectivity index (χ0) is 29.0. The van der Waals surface area contributed by atoms with E-state index in [0.717, 1.165) is 64.4 Å². The Labute approximate surface area is 254 Å². The van der Waals surface area contributed by atoms with Crippen molar-refractivity contribution in [2.75, 3.05) is 24.6 Å². The van der Waals surface area contributed by atoms with Crippen molar-refractivity contribution in [3.05, 3.63) is 78.4 Å². The maximum atomic E-state index is 12.7. The molecule has 2 aliphatic rings. The molecular formula is C33H34N6O3S. The molecule has 0 amide bonds. The van der Waals surface area contributed by atoms with E-state index in [2.05, 4.69) is 49.7 Å². The molecule has 2 aromatic heterocycles. The summed E-state index contributed by atoms with van der Waals surface area (Å²) in [7, 11) is 0. The number of carbonyl (C=O) groups is 1. The fourth-order valence-corrected chi connectivity index (χ4v) is 6.83. The molecule has 0 spiro atoms. The third kappa shape index (κ3) is 6.30. The minimum Gasteiger partial charge on any atom is -0.378 e. The van der Waals surface area contributed by atoms with Gasteiger partial charge in [0.25, 0.3) is 0 Å². The summed E-state index contributed by atoms with van der Waals surface area (Å²) >= 11 is 1.53. The molecule has 3 aromatic carbocycles. The third-order valence-electron chi connectivity index (χ3n) is 8.50. The third-order valence-corrected chi connectivity index (χ3v) is 9.52. The van der Waals surface area contributed by atoms with Crippen LogP contribution in [0.2, 0.25) is 0 Å².